The van der Waals surface area contributed by atoms with Gasteiger partial charge in [0.05, 0.1) is 20.8 Å². The summed E-state index contributed by atoms with van der Waals surface area (Å²) in [6.07, 6.45) is 5.51. The Bertz CT molecular complexity index is 972. The van der Waals surface area contributed by atoms with Crippen molar-refractivity contribution in [3.8, 4) is 17.2 Å². The third kappa shape index (κ3) is 4.06. The van der Waals surface area contributed by atoms with E-state index in [-0.39, 0.29) is 11.9 Å². The predicted octanol–water partition coefficient (Wildman–Crippen LogP) is 5.07. The number of nitrogens with zero attached hydrogens (tertiary/aromatic N) is 1. The number of amides is 1. The number of hydrogen-bond acceptors (Lipinski definition) is 4. The summed E-state index contributed by atoms with van der Waals surface area (Å²) in [4.78, 5) is 15.3. The molecule has 158 valence electrons. The van der Waals surface area contributed by atoms with Gasteiger partial charge in [-0.2, -0.15) is 0 Å². The minimum Gasteiger partial charge on any atom is -0.497 e. The predicted molar refractivity (Wildman–Crippen MR) is 121 cm³/mol. The average Bonchev–Trinajstić information content (AvgIpc) is 3.17. The van der Waals surface area contributed by atoms with E-state index in [1.807, 2.05) is 41.4 Å². The van der Waals surface area contributed by atoms with Gasteiger partial charge in [-0.1, -0.05) is 28.1 Å². The number of methoxy groups -OCH3 is 2. The van der Waals surface area contributed by atoms with Gasteiger partial charge in [-0.15, -0.1) is 0 Å². The first kappa shape index (κ1) is 20.8. The number of alkyl halides is 1. The van der Waals surface area contributed by atoms with Gasteiger partial charge in [0.1, 0.15) is 5.75 Å². The summed E-state index contributed by atoms with van der Waals surface area (Å²) in [6, 6.07) is 12.0. The summed E-state index contributed by atoms with van der Waals surface area (Å²) in [7, 11) is 3.28. The Morgan fingerprint density at radius 1 is 1.13 bits per heavy atom. The maximum absolute atomic E-state index is 13.4. The Balaban J connectivity index is 1.63. The first-order valence-corrected chi connectivity index (χ1v) is 11.3. The van der Waals surface area contributed by atoms with Crippen LogP contribution in [-0.4, -0.2) is 43.0 Å². The average molecular weight is 472 g/mol. The SMILES string of the molecule is COc1cccc(C2=CN3C(=O)c4cc(OC)c(OCCCBr)cc4CC[C@@H]3C2)c1. The van der Waals surface area contributed by atoms with Crippen LogP contribution in [0.5, 0.6) is 17.2 Å². The lowest BCUT2D eigenvalue weighted by molar-refractivity contribution is 0.0788. The summed E-state index contributed by atoms with van der Waals surface area (Å²) in [5.41, 5.74) is 3.99. The van der Waals surface area contributed by atoms with E-state index in [2.05, 4.69) is 22.0 Å². The van der Waals surface area contributed by atoms with Gasteiger partial charge in [-0.25, -0.2) is 0 Å². The van der Waals surface area contributed by atoms with Gasteiger partial charge >= 0.3 is 0 Å². The Labute approximate surface area is 185 Å². The molecular weight excluding hydrogens is 446 g/mol. The molecule has 0 N–H and O–H groups in total. The Hall–Kier alpha value is -2.47. The Morgan fingerprint density at radius 3 is 2.77 bits per heavy atom. The molecule has 2 aromatic carbocycles. The zero-order valence-corrected chi connectivity index (χ0v) is 18.9. The number of halogens is 1. The van der Waals surface area contributed by atoms with Crippen molar-refractivity contribution in [2.45, 2.75) is 31.7 Å². The van der Waals surface area contributed by atoms with E-state index in [0.29, 0.717) is 23.7 Å². The normalized spacial score (nSPS) is 17.7. The molecule has 5 nitrogen and oxygen atoms in total. The molecule has 0 unspecified atom stereocenters. The fourth-order valence-electron chi connectivity index (χ4n) is 4.14. The van der Waals surface area contributed by atoms with Gasteiger partial charge in [-0.3, -0.25) is 4.79 Å². The van der Waals surface area contributed by atoms with Gasteiger partial charge in [0, 0.05) is 23.1 Å². The van der Waals surface area contributed by atoms with Gasteiger partial charge in [0.15, 0.2) is 11.5 Å². The number of carbonyl (C=O) groups excluding carboxylic acids is 1. The highest BCUT2D eigenvalue weighted by Crippen LogP contribution is 2.39. The molecule has 0 radical (unpaired) electrons. The van der Waals surface area contributed by atoms with Crippen molar-refractivity contribution in [1.82, 2.24) is 4.90 Å². The van der Waals surface area contributed by atoms with Crippen molar-refractivity contribution in [2.24, 2.45) is 0 Å². The Kier molecular flexibility index (Phi) is 6.32. The summed E-state index contributed by atoms with van der Waals surface area (Å²) in [5, 5.41) is 0.886. The van der Waals surface area contributed by atoms with Gasteiger partial charge in [-0.05, 0) is 66.6 Å². The number of ether oxygens (including phenoxy) is 3. The molecule has 0 fully saturated rings. The molecule has 30 heavy (non-hydrogen) atoms. The van der Waals surface area contributed by atoms with Gasteiger partial charge in [0.25, 0.3) is 5.91 Å². The van der Waals surface area contributed by atoms with Gasteiger partial charge in [0.2, 0.25) is 0 Å². The lowest BCUT2D eigenvalue weighted by Crippen LogP contribution is -2.31. The van der Waals surface area contributed by atoms with Crippen molar-refractivity contribution >= 4 is 27.4 Å². The molecule has 4 rings (SSSR count). The van der Waals surface area contributed by atoms with Crippen molar-refractivity contribution in [2.75, 3.05) is 26.2 Å². The maximum Gasteiger partial charge on any atom is 0.258 e. The first-order chi connectivity index (χ1) is 14.6. The molecular formula is C24H26BrNO4. The molecule has 0 saturated carbocycles. The highest BCUT2D eigenvalue weighted by Gasteiger charge is 2.34. The first-order valence-electron chi connectivity index (χ1n) is 10.2. The molecule has 0 aromatic heterocycles. The molecule has 0 spiro atoms. The number of aryl methyl sites for hydroxylation is 1. The molecule has 2 aliphatic rings. The number of carbonyl (C=O) groups is 1. The molecule has 2 heterocycles. The van der Waals surface area contributed by atoms with E-state index in [1.165, 1.54) is 0 Å². The largest absolute Gasteiger partial charge is 0.497 e. The van der Waals surface area contributed by atoms with E-state index in [4.69, 9.17) is 14.2 Å². The number of hydrogen-bond donors (Lipinski definition) is 0. The third-order valence-electron chi connectivity index (χ3n) is 5.72. The fraction of sp³-hybridized carbons (Fsp3) is 0.375. The van der Waals surface area contributed by atoms with E-state index < -0.39 is 0 Å². The van der Waals surface area contributed by atoms with E-state index in [0.717, 1.165) is 53.5 Å². The van der Waals surface area contributed by atoms with Crippen LogP contribution in [0.15, 0.2) is 42.6 Å². The summed E-state index contributed by atoms with van der Waals surface area (Å²) >= 11 is 3.42. The zero-order valence-electron chi connectivity index (χ0n) is 17.3. The van der Waals surface area contributed by atoms with E-state index in [1.54, 1.807) is 14.2 Å². The van der Waals surface area contributed by atoms with Crippen LogP contribution in [0, 0.1) is 0 Å². The van der Waals surface area contributed by atoms with Crippen molar-refractivity contribution in [3.05, 3.63) is 59.3 Å². The van der Waals surface area contributed by atoms with Crippen LogP contribution >= 0.6 is 15.9 Å². The highest BCUT2D eigenvalue weighted by atomic mass is 79.9. The lowest BCUT2D eigenvalue weighted by Gasteiger charge is -2.21. The molecule has 6 heteroatoms. The second kappa shape index (κ2) is 9.13. The van der Waals surface area contributed by atoms with Crippen LogP contribution in [0.25, 0.3) is 5.57 Å². The number of fused-ring (bicyclic) bond motifs is 2. The van der Waals surface area contributed by atoms with E-state index >= 15 is 0 Å². The molecule has 2 aliphatic heterocycles. The molecule has 0 saturated heterocycles. The summed E-state index contributed by atoms with van der Waals surface area (Å²) in [5.74, 6) is 2.16. The van der Waals surface area contributed by atoms with Crippen molar-refractivity contribution in [3.63, 3.8) is 0 Å². The second-order valence-electron chi connectivity index (χ2n) is 7.55. The zero-order chi connectivity index (χ0) is 21.1. The Morgan fingerprint density at radius 2 is 2.00 bits per heavy atom. The van der Waals surface area contributed by atoms with Crippen LogP contribution in [0.4, 0.5) is 0 Å². The number of rotatable bonds is 7. The smallest absolute Gasteiger partial charge is 0.258 e. The molecule has 0 aliphatic carbocycles. The standard InChI is InChI=1S/C24H26BrNO4/c1-28-20-6-3-5-16(12-20)18-11-19-8-7-17-13-23(30-10-4-9-25)22(29-2)14-21(17)24(27)26(19)15-18/h3,5-6,12-15,19H,4,7-11H2,1-2H3/t19-/m1/s1. The minimum atomic E-state index is 0.0238. The number of benzene rings is 2. The molecule has 1 atom stereocenters. The third-order valence-corrected chi connectivity index (χ3v) is 6.28. The van der Waals surface area contributed by atoms with Crippen LogP contribution in [0.1, 0.15) is 40.7 Å². The highest BCUT2D eigenvalue weighted by molar-refractivity contribution is 9.09. The molecule has 2 aromatic rings. The van der Waals surface area contributed by atoms with Crippen LogP contribution in [0.2, 0.25) is 0 Å². The molecule has 0 bridgehead atoms. The monoisotopic (exact) mass is 471 g/mol. The van der Waals surface area contributed by atoms with Crippen molar-refractivity contribution in [1.29, 1.82) is 0 Å². The maximum atomic E-state index is 13.4. The topological polar surface area (TPSA) is 48.0 Å². The molecule has 1 amide bonds. The minimum absolute atomic E-state index is 0.0238. The van der Waals surface area contributed by atoms with Gasteiger partial charge < -0.3 is 19.1 Å². The summed E-state index contributed by atoms with van der Waals surface area (Å²) in [6.45, 7) is 0.607. The lowest BCUT2D eigenvalue weighted by atomic mass is 9.97. The van der Waals surface area contributed by atoms with Crippen LogP contribution in [0.3, 0.4) is 0 Å². The van der Waals surface area contributed by atoms with Crippen molar-refractivity contribution < 1.29 is 19.0 Å². The van der Waals surface area contributed by atoms with Crippen LogP contribution in [-0.2, 0) is 6.42 Å². The van der Waals surface area contributed by atoms with E-state index in [9.17, 15) is 4.79 Å². The quantitative estimate of drug-likeness (QED) is 0.417. The fourth-order valence-corrected chi connectivity index (χ4v) is 4.37. The van der Waals surface area contributed by atoms with Crippen LogP contribution < -0.4 is 14.2 Å². The second-order valence-corrected chi connectivity index (χ2v) is 8.34. The summed E-state index contributed by atoms with van der Waals surface area (Å²) < 4.78 is 16.8.